The average molecular weight is 364 g/mol. The van der Waals surface area contributed by atoms with Crippen molar-refractivity contribution in [3.05, 3.63) is 52.1 Å². The van der Waals surface area contributed by atoms with E-state index in [2.05, 4.69) is 4.98 Å². The van der Waals surface area contributed by atoms with Crippen molar-refractivity contribution < 1.29 is 9.53 Å². The molecule has 124 valence electrons. The highest BCUT2D eigenvalue weighted by atomic mass is 35.5. The summed E-state index contributed by atoms with van der Waals surface area (Å²) in [6.45, 7) is 5.25. The molecule has 0 atom stereocenters. The summed E-state index contributed by atoms with van der Waals surface area (Å²) in [5.41, 5.74) is -0.174. The first-order chi connectivity index (χ1) is 11.2. The molecule has 0 spiro atoms. The van der Waals surface area contributed by atoms with Crippen molar-refractivity contribution in [2.24, 2.45) is 0 Å². The monoisotopic (exact) mass is 363 g/mol. The highest BCUT2D eigenvalue weighted by Crippen LogP contribution is 2.32. The molecule has 1 heterocycles. The first-order valence-corrected chi connectivity index (χ1v) is 7.82. The smallest absolute Gasteiger partial charge is 0.420 e. The van der Waals surface area contributed by atoms with Gasteiger partial charge in [0.1, 0.15) is 17.2 Å². The van der Waals surface area contributed by atoms with Gasteiger partial charge in [0.2, 0.25) is 0 Å². The summed E-state index contributed by atoms with van der Waals surface area (Å²) in [7, 11) is 0. The summed E-state index contributed by atoms with van der Waals surface area (Å²) < 4.78 is 5.44. The lowest BCUT2D eigenvalue weighted by Gasteiger charge is -2.27. The molecule has 2 aromatic rings. The molecule has 1 amide bonds. The zero-order valence-corrected chi connectivity index (χ0v) is 14.9. The molecule has 1 aromatic heterocycles. The minimum absolute atomic E-state index is 0.0833. The van der Waals surface area contributed by atoms with E-state index < -0.39 is 11.7 Å². The van der Waals surface area contributed by atoms with E-state index in [0.29, 0.717) is 10.7 Å². The molecule has 0 radical (unpaired) electrons. The minimum Gasteiger partial charge on any atom is -0.443 e. The van der Waals surface area contributed by atoms with Gasteiger partial charge in [-0.1, -0.05) is 23.2 Å². The van der Waals surface area contributed by atoms with Gasteiger partial charge in [-0.3, -0.25) is 0 Å². The molecule has 0 aliphatic heterocycles. The van der Waals surface area contributed by atoms with E-state index in [1.165, 1.54) is 17.2 Å². The highest BCUT2D eigenvalue weighted by Gasteiger charge is 2.28. The Morgan fingerprint density at radius 3 is 2.38 bits per heavy atom. The normalized spacial score (nSPS) is 10.8. The van der Waals surface area contributed by atoms with E-state index in [1.54, 1.807) is 45.0 Å². The van der Waals surface area contributed by atoms with Crippen molar-refractivity contribution in [3.63, 3.8) is 0 Å². The van der Waals surface area contributed by atoms with Gasteiger partial charge in [0.15, 0.2) is 5.82 Å². The number of carbonyl (C=O) groups excluding carboxylic acids is 1. The van der Waals surface area contributed by atoms with Crippen molar-refractivity contribution in [3.8, 4) is 6.07 Å². The Labute approximate surface area is 150 Å². The molecular formula is C17H15Cl2N3O2. The van der Waals surface area contributed by atoms with Gasteiger partial charge in [-0.15, -0.1) is 0 Å². The Morgan fingerprint density at radius 1 is 1.21 bits per heavy atom. The van der Waals surface area contributed by atoms with Gasteiger partial charge in [0.05, 0.1) is 10.7 Å². The number of carbonyl (C=O) groups is 1. The van der Waals surface area contributed by atoms with Crippen molar-refractivity contribution >= 4 is 40.8 Å². The fourth-order valence-corrected chi connectivity index (χ4v) is 2.22. The first-order valence-electron chi connectivity index (χ1n) is 7.06. The molecule has 0 aliphatic rings. The molecule has 24 heavy (non-hydrogen) atoms. The number of nitrogens with zero attached hydrogens (tertiary/aromatic N) is 3. The Hall–Kier alpha value is -2.29. The predicted molar refractivity (Wildman–Crippen MR) is 93.8 cm³/mol. The van der Waals surface area contributed by atoms with Gasteiger partial charge in [-0.25, -0.2) is 14.7 Å². The molecule has 5 nitrogen and oxygen atoms in total. The van der Waals surface area contributed by atoms with Crippen LogP contribution < -0.4 is 4.90 Å². The summed E-state index contributed by atoms with van der Waals surface area (Å²) >= 11 is 12.0. The van der Waals surface area contributed by atoms with Crippen LogP contribution in [0.5, 0.6) is 0 Å². The zero-order valence-electron chi connectivity index (χ0n) is 13.4. The molecule has 2 rings (SSSR count). The molecule has 7 heteroatoms. The van der Waals surface area contributed by atoms with Crippen LogP contribution >= 0.6 is 23.2 Å². The molecular weight excluding hydrogens is 349 g/mol. The third-order valence-corrected chi connectivity index (χ3v) is 3.43. The van der Waals surface area contributed by atoms with E-state index in [1.807, 2.05) is 6.07 Å². The maximum atomic E-state index is 12.7. The number of ether oxygens (including phenoxy) is 1. The lowest BCUT2D eigenvalue weighted by Crippen LogP contribution is -2.34. The number of rotatable bonds is 2. The predicted octanol–water partition coefficient (Wildman–Crippen LogP) is 5.33. The lowest BCUT2D eigenvalue weighted by molar-refractivity contribution is 0.0598. The van der Waals surface area contributed by atoms with E-state index >= 15 is 0 Å². The number of aromatic nitrogens is 1. The second-order valence-electron chi connectivity index (χ2n) is 5.90. The quantitative estimate of drug-likeness (QED) is 0.722. The van der Waals surface area contributed by atoms with Gasteiger partial charge < -0.3 is 4.74 Å². The Balaban J connectivity index is 2.60. The van der Waals surface area contributed by atoms with Crippen LogP contribution in [0.25, 0.3) is 0 Å². The lowest BCUT2D eigenvalue weighted by atomic mass is 10.2. The SMILES string of the molecule is CC(C)(C)OC(=O)N(c1ccc(Cl)cc1)c1nccc(Cl)c1C#N. The van der Waals surface area contributed by atoms with Gasteiger partial charge in [0, 0.05) is 11.2 Å². The molecule has 0 unspecified atom stereocenters. The van der Waals surface area contributed by atoms with Crippen LogP contribution in [0.2, 0.25) is 10.0 Å². The molecule has 0 N–H and O–H groups in total. The highest BCUT2D eigenvalue weighted by molar-refractivity contribution is 6.32. The third kappa shape index (κ3) is 4.16. The number of pyridine rings is 1. The van der Waals surface area contributed by atoms with Crippen LogP contribution in [0.15, 0.2) is 36.5 Å². The second kappa shape index (κ2) is 7.08. The van der Waals surface area contributed by atoms with Gasteiger partial charge in [0.25, 0.3) is 0 Å². The molecule has 0 saturated carbocycles. The van der Waals surface area contributed by atoms with E-state index in [-0.39, 0.29) is 16.4 Å². The van der Waals surface area contributed by atoms with E-state index in [9.17, 15) is 10.1 Å². The van der Waals surface area contributed by atoms with Crippen LogP contribution in [0, 0.1) is 11.3 Å². The van der Waals surface area contributed by atoms with E-state index in [4.69, 9.17) is 27.9 Å². The fourth-order valence-electron chi connectivity index (χ4n) is 1.91. The van der Waals surface area contributed by atoms with Crippen molar-refractivity contribution in [2.75, 3.05) is 4.90 Å². The summed E-state index contributed by atoms with van der Waals surface area (Å²) in [6.07, 6.45) is 0.752. The number of amides is 1. The Kier molecular flexibility index (Phi) is 5.33. The number of nitriles is 1. The van der Waals surface area contributed by atoms with Crippen molar-refractivity contribution in [2.45, 2.75) is 26.4 Å². The molecule has 0 bridgehead atoms. The number of halogens is 2. The molecule has 0 saturated heterocycles. The number of hydrogen-bond donors (Lipinski definition) is 0. The van der Waals surface area contributed by atoms with Gasteiger partial charge >= 0.3 is 6.09 Å². The van der Waals surface area contributed by atoms with Crippen molar-refractivity contribution in [1.82, 2.24) is 4.98 Å². The number of hydrogen-bond acceptors (Lipinski definition) is 4. The fraction of sp³-hybridized carbons (Fsp3) is 0.235. The summed E-state index contributed by atoms with van der Waals surface area (Å²) in [6, 6.07) is 9.99. The van der Waals surface area contributed by atoms with Gasteiger partial charge in [-0.2, -0.15) is 5.26 Å². The Bertz CT molecular complexity index is 793. The molecule has 0 fully saturated rings. The summed E-state index contributed by atoms with van der Waals surface area (Å²) in [5.74, 6) is 0.0987. The van der Waals surface area contributed by atoms with Crippen LogP contribution in [-0.2, 0) is 4.74 Å². The number of benzene rings is 1. The van der Waals surface area contributed by atoms with Crippen LogP contribution in [0.3, 0.4) is 0 Å². The molecule has 1 aromatic carbocycles. The first kappa shape index (κ1) is 18.1. The summed E-state index contributed by atoms with van der Waals surface area (Å²) in [5, 5.41) is 10.1. The standard InChI is InChI=1S/C17H15Cl2N3O2/c1-17(2,3)24-16(23)22(12-6-4-11(18)5-7-12)15-13(10-20)14(19)8-9-21-15/h4-9H,1-3H3. The summed E-state index contributed by atoms with van der Waals surface area (Å²) in [4.78, 5) is 18.0. The van der Waals surface area contributed by atoms with Crippen LogP contribution in [0.4, 0.5) is 16.3 Å². The Morgan fingerprint density at radius 2 is 1.83 bits per heavy atom. The minimum atomic E-state index is -0.715. The van der Waals surface area contributed by atoms with Crippen molar-refractivity contribution in [1.29, 1.82) is 5.26 Å². The number of anilines is 2. The average Bonchev–Trinajstić information content (AvgIpc) is 2.48. The van der Waals surface area contributed by atoms with Gasteiger partial charge in [-0.05, 0) is 51.1 Å². The van der Waals surface area contributed by atoms with Crippen LogP contribution in [0.1, 0.15) is 26.3 Å². The maximum Gasteiger partial charge on any atom is 0.420 e. The zero-order chi connectivity index (χ0) is 17.9. The van der Waals surface area contributed by atoms with E-state index in [0.717, 1.165) is 0 Å². The topological polar surface area (TPSA) is 66.2 Å². The maximum absolute atomic E-state index is 12.7. The van der Waals surface area contributed by atoms with Crippen LogP contribution in [-0.4, -0.2) is 16.7 Å². The largest absolute Gasteiger partial charge is 0.443 e. The second-order valence-corrected chi connectivity index (χ2v) is 6.74. The molecule has 0 aliphatic carbocycles. The third-order valence-electron chi connectivity index (χ3n) is 2.86.